The Hall–Kier alpha value is -2.97. The second kappa shape index (κ2) is 11.2. The predicted octanol–water partition coefficient (Wildman–Crippen LogP) is 5.25. The number of ketones is 1. The first-order valence-corrected chi connectivity index (χ1v) is 12.2. The Morgan fingerprint density at radius 2 is 1.77 bits per heavy atom. The molecule has 0 unspecified atom stereocenters. The number of aryl methyl sites for hydroxylation is 1. The summed E-state index contributed by atoms with van der Waals surface area (Å²) in [7, 11) is 3.49. The van der Waals surface area contributed by atoms with Crippen molar-refractivity contribution in [3.05, 3.63) is 70.0 Å². The van der Waals surface area contributed by atoms with E-state index in [1.54, 1.807) is 32.8 Å². The topological polar surface area (TPSA) is 75.9 Å². The van der Waals surface area contributed by atoms with E-state index < -0.39 is 5.60 Å². The summed E-state index contributed by atoms with van der Waals surface area (Å²) in [6.07, 6.45) is 0. The maximum absolute atomic E-state index is 12.5. The van der Waals surface area contributed by atoms with Gasteiger partial charge in [0.25, 0.3) is 0 Å². The second-order valence-electron chi connectivity index (χ2n) is 9.28. The fraction of sp³-hybridized carbons (Fsp3) is 0.370. The Bertz CT molecular complexity index is 1190. The van der Waals surface area contributed by atoms with Gasteiger partial charge in [-0.15, -0.1) is 0 Å². The predicted molar refractivity (Wildman–Crippen MR) is 139 cm³/mol. The maximum atomic E-state index is 12.5. The molecular formula is C27H32BrN3O4. The van der Waals surface area contributed by atoms with Gasteiger partial charge in [-0.25, -0.2) is 4.98 Å². The number of hydrogen-bond acceptors (Lipinski definition) is 6. The van der Waals surface area contributed by atoms with Gasteiger partial charge in [-0.05, 0) is 63.6 Å². The molecule has 1 amide bonds. The molecule has 0 aliphatic carbocycles. The number of halogens is 1. The number of rotatable bonds is 10. The first-order valence-electron chi connectivity index (χ1n) is 11.4. The highest BCUT2D eigenvalue weighted by molar-refractivity contribution is 9.10. The molecule has 7 nitrogen and oxygen atoms in total. The van der Waals surface area contributed by atoms with E-state index in [0.29, 0.717) is 24.7 Å². The van der Waals surface area contributed by atoms with Crippen LogP contribution in [0.3, 0.4) is 0 Å². The molecule has 0 atom stereocenters. The van der Waals surface area contributed by atoms with E-state index >= 15 is 0 Å². The highest BCUT2D eigenvalue weighted by Gasteiger charge is 2.25. The van der Waals surface area contributed by atoms with E-state index in [2.05, 4.69) is 15.9 Å². The van der Waals surface area contributed by atoms with E-state index in [4.69, 9.17) is 14.1 Å². The van der Waals surface area contributed by atoms with Gasteiger partial charge in [0.2, 0.25) is 11.8 Å². The third-order valence-electron chi connectivity index (χ3n) is 5.75. The van der Waals surface area contributed by atoms with Crippen LogP contribution in [0.25, 0.3) is 11.5 Å². The molecule has 0 fully saturated rings. The van der Waals surface area contributed by atoms with Crippen molar-refractivity contribution in [2.75, 3.05) is 20.6 Å². The Labute approximate surface area is 215 Å². The summed E-state index contributed by atoms with van der Waals surface area (Å²) in [5.41, 5.74) is 1.80. The minimum Gasteiger partial charge on any atom is -0.480 e. The van der Waals surface area contributed by atoms with Crippen LogP contribution in [0.5, 0.6) is 5.75 Å². The molecule has 35 heavy (non-hydrogen) atoms. The Kier molecular flexibility index (Phi) is 8.51. The number of likely N-dealkylation sites (N-methyl/N-ethyl adjacent to an activating group) is 1. The first kappa shape index (κ1) is 26.6. The van der Waals surface area contributed by atoms with E-state index in [9.17, 15) is 9.59 Å². The van der Waals surface area contributed by atoms with Crippen LogP contribution in [0.1, 0.15) is 37.8 Å². The molecule has 0 spiro atoms. The standard InChI is InChI=1S/C27H32BrN3O4/c1-18-24(29-26(34-18)21-8-7-9-22(28)14-21)16-31(17-25(33)30(5)6)15-20-10-12-23(13-11-20)35-27(3,4)19(2)32/h7-14H,15-17H2,1-6H3. The molecule has 1 aromatic heterocycles. The Morgan fingerprint density at radius 1 is 1.09 bits per heavy atom. The lowest BCUT2D eigenvalue weighted by atomic mass is 10.1. The van der Waals surface area contributed by atoms with Crippen LogP contribution in [-0.2, 0) is 22.7 Å². The lowest BCUT2D eigenvalue weighted by Crippen LogP contribution is -2.36. The smallest absolute Gasteiger partial charge is 0.236 e. The number of oxazole rings is 1. The van der Waals surface area contributed by atoms with Crippen LogP contribution in [0.2, 0.25) is 0 Å². The van der Waals surface area contributed by atoms with Crippen molar-refractivity contribution in [3.63, 3.8) is 0 Å². The summed E-state index contributed by atoms with van der Waals surface area (Å²) in [5, 5.41) is 0. The zero-order chi connectivity index (χ0) is 25.8. The number of hydrogen-bond donors (Lipinski definition) is 0. The van der Waals surface area contributed by atoms with Gasteiger partial charge in [0.15, 0.2) is 11.4 Å². The van der Waals surface area contributed by atoms with E-state index in [1.807, 2.05) is 60.4 Å². The highest BCUT2D eigenvalue weighted by atomic mass is 79.9. The lowest BCUT2D eigenvalue weighted by Gasteiger charge is -2.24. The molecule has 0 aliphatic heterocycles. The van der Waals surface area contributed by atoms with E-state index in [-0.39, 0.29) is 18.2 Å². The van der Waals surface area contributed by atoms with Gasteiger partial charge < -0.3 is 14.1 Å². The monoisotopic (exact) mass is 541 g/mol. The van der Waals surface area contributed by atoms with Gasteiger partial charge in [0.1, 0.15) is 11.5 Å². The molecule has 0 aliphatic rings. The number of nitrogens with zero attached hydrogens (tertiary/aromatic N) is 3. The number of Topliss-reactive ketones (excluding diaryl/α,β-unsaturated/α-hetero) is 1. The fourth-order valence-corrected chi connectivity index (χ4v) is 3.72. The summed E-state index contributed by atoms with van der Waals surface area (Å²) >= 11 is 3.49. The molecule has 3 aromatic rings. The minimum atomic E-state index is -0.887. The summed E-state index contributed by atoms with van der Waals surface area (Å²) in [6, 6.07) is 15.4. The number of carbonyl (C=O) groups is 2. The number of carbonyl (C=O) groups excluding carboxylic acids is 2. The fourth-order valence-electron chi connectivity index (χ4n) is 3.32. The van der Waals surface area contributed by atoms with Gasteiger partial charge in [-0.1, -0.05) is 34.1 Å². The maximum Gasteiger partial charge on any atom is 0.236 e. The highest BCUT2D eigenvalue weighted by Crippen LogP contribution is 2.26. The summed E-state index contributed by atoms with van der Waals surface area (Å²) in [4.78, 5) is 32.6. The van der Waals surface area contributed by atoms with Crippen LogP contribution >= 0.6 is 15.9 Å². The molecule has 0 N–H and O–H groups in total. The summed E-state index contributed by atoms with van der Waals surface area (Å²) < 4.78 is 12.7. The third-order valence-corrected chi connectivity index (χ3v) is 6.24. The van der Waals surface area contributed by atoms with Crippen molar-refractivity contribution in [3.8, 4) is 17.2 Å². The van der Waals surface area contributed by atoms with Crippen LogP contribution < -0.4 is 4.74 Å². The van der Waals surface area contributed by atoms with Crippen molar-refractivity contribution >= 4 is 27.6 Å². The zero-order valence-electron chi connectivity index (χ0n) is 21.1. The largest absolute Gasteiger partial charge is 0.480 e. The first-order chi connectivity index (χ1) is 16.4. The molecule has 2 aromatic carbocycles. The minimum absolute atomic E-state index is 0.00141. The average molecular weight is 542 g/mol. The number of amides is 1. The van der Waals surface area contributed by atoms with E-state index in [0.717, 1.165) is 27.1 Å². The van der Waals surface area contributed by atoms with Gasteiger partial charge in [0.05, 0.1) is 12.2 Å². The van der Waals surface area contributed by atoms with Crippen molar-refractivity contribution in [1.29, 1.82) is 0 Å². The van der Waals surface area contributed by atoms with Gasteiger partial charge >= 0.3 is 0 Å². The molecule has 0 saturated heterocycles. The number of benzene rings is 2. The molecule has 0 saturated carbocycles. The second-order valence-corrected chi connectivity index (χ2v) is 10.2. The van der Waals surface area contributed by atoms with Crippen molar-refractivity contribution in [1.82, 2.24) is 14.8 Å². The molecule has 8 heteroatoms. The summed E-state index contributed by atoms with van der Waals surface area (Å²) in [5.74, 6) is 1.85. The normalized spacial score (nSPS) is 11.5. The third kappa shape index (κ3) is 7.26. The van der Waals surface area contributed by atoms with Crippen molar-refractivity contribution in [2.24, 2.45) is 0 Å². The molecular weight excluding hydrogens is 510 g/mol. The molecule has 186 valence electrons. The average Bonchev–Trinajstić information content (AvgIpc) is 3.15. The molecule has 1 heterocycles. The quantitative estimate of drug-likeness (QED) is 0.349. The molecule has 0 bridgehead atoms. The van der Waals surface area contributed by atoms with Crippen molar-refractivity contribution < 1.29 is 18.7 Å². The number of ether oxygens (including phenoxy) is 1. The SMILES string of the molecule is CC(=O)C(C)(C)Oc1ccc(CN(CC(=O)N(C)C)Cc2nc(-c3cccc(Br)c3)oc2C)cc1. The zero-order valence-corrected chi connectivity index (χ0v) is 22.7. The Morgan fingerprint density at radius 3 is 2.37 bits per heavy atom. The Balaban J connectivity index is 1.79. The van der Waals surface area contributed by atoms with Gasteiger partial charge in [0, 0.05) is 37.2 Å². The van der Waals surface area contributed by atoms with Crippen molar-refractivity contribution in [2.45, 2.75) is 46.4 Å². The molecule has 3 rings (SSSR count). The van der Waals surface area contributed by atoms with Crippen LogP contribution in [0, 0.1) is 6.92 Å². The molecule has 0 radical (unpaired) electrons. The summed E-state index contributed by atoms with van der Waals surface area (Å²) in [6.45, 7) is 8.13. The van der Waals surface area contributed by atoms with Crippen LogP contribution in [-0.4, -0.2) is 52.7 Å². The van der Waals surface area contributed by atoms with Gasteiger partial charge in [-0.3, -0.25) is 14.5 Å². The van der Waals surface area contributed by atoms with Crippen LogP contribution in [0.4, 0.5) is 0 Å². The number of aromatic nitrogens is 1. The van der Waals surface area contributed by atoms with Gasteiger partial charge in [-0.2, -0.15) is 0 Å². The lowest BCUT2D eigenvalue weighted by molar-refractivity contribution is -0.130. The van der Waals surface area contributed by atoms with Crippen LogP contribution in [0.15, 0.2) is 57.4 Å². The van der Waals surface area contributed by atoms with E-state index in [1.165, 1.54) is 6.92 Å².